The van der Waals surface area contributed by atoms with Crippen molar-refractivity contribution >= 4 is 44.9 Å². The zero-order chi connectivity index (χ0) is 15.6. The minimum Gasteiger partial charge on any atom is -0.292 e. The average molecular weight is 387 g/mol. The number of hydrogen-bond donors (Lipinski definition) is 0. The van der Waals surface area contributed by atoms with Crippen LogP contribution in [0, 0.1) is 17.1 Å². The molecule has 0 aliphatic rings. The summed E-state index contributed by atoms with van der Waals surface area (Å²) < 4.78 is 13.6. The number of nitrogens with zero attached hydrogens (tertiary/aromatic N) is 1. The molecule has 0 saturated carbocycles. The van der Waals surface area contributed by atoms with E-state index in [1.54, 1.807) is 12.1 Å². The van der Waals surface area contributed by atoms with Crippen LogP contribution in [-0.4, -0.2) is 5.78 Å². The SMILES string of the molecule is N#CC(C(=O)c1cccc(Br)c1Cl)c1ccc(F)cc1Cl. The Morgan fingerprint density at radius 2 is 2.00 bits per heavy atom. The fourth-order valence-electron chi connectivity index (χ4n) is 1.85. The van der Waals surface area contributed by atoms with E-state index in [0.29, 0.717) is 4.47 Å². The van der Waals surface area contributed by atoms with E-state index in [2.05, 4.69) is 15.9 Å². The van der Waals surface area contributed by atoms with Gasteiger partial charge < -0.3 is 0 Å². The van der Waals surface area contributed by atoms with Crippen LogP contribution in [0.1, 0.15) is 21.8 Å². The number of carbonyl (C=O) groups is 1. The van der Waals surface area contributed by atoms with E-state index < -0.39 is 17.5 Å². The number of carbonyl (C=O) groups excluding carboxylic acids is 1. The van der Waals surface area contributed by atoms with Crippen molar-refractivity contribution in [2.75, 3.05) is 0 Å². The maximum atomic E-state index is 13.1. The van der Waals surface area contributed by atoms with E-state index in [0.717, 1.165) is 12.1 Å². The molecule has 6 heteroatoms. The molecule has 106 valence electrons. The van der Waals surface area contributed by atoms with E-state index in [1.165, 1.54) is 12.1 Å². The summed E-state index contributed by atoms with van der Waals surface area (Å²) >= 11 is 15.2. The second-order valence-corrected chi connectivity index (χ2v) is 5.83. The van der Waals surface area contributed by atoms with Crippen LogP contribution in [-0.2, 0) is 0 Å². The Kier molecular flexibility index (Phi) is 5.00. The summed E-state index contributed by atoms with van der Waals surface area (Å²) in [7, 11) is 0. The number of rotatable bonds is 3. The van der Waals surface area contributed by atoms with Crippen LogP contribution in [0.15, 0.2) is 40.9 Å². The van der Waals surface area contributed by atoms with Crippen molar-refractivity contribution in [3.8, 4) is 6.07 Å². The zero-order valence-electron chi connectivity index (χ0n) is 10.4. The third-order valence-corrected chi connectivity index (χ3v) is 4.51. The van der Waals surface area contributed by atoms with Gasteiger partial charge >= 0.3 is 0 Å². The van der Waals surface area contributed by atoms with Gasteiger partial charge in [0, 0.05) is 15.1 Å². The van der Waals surface area contributed by atoms with Gasteiger partial charge in [0.25, 0.3) is 0 Å². The molecule has 0 radical (unpaired) electrons. The summed E-state index contributed by atoms with van der Waals surface area (Å²) in [5, 5.41) is 9.54. The molecule has 0 bridgehead atoms. The molecular weight excluding hydrogens is 380 g/mol. The summed E-state index contributed by atoms with van der Waals surface area (Å²) in [5.74, 6) is -2.17. The lowest BCUT2D eigenvalue weighted by Gasteiger charge is -2.12. The number of Topliss-reactive ketones (excluding diaryl/α,β-unsaturated/α-hetero) is 1. The molecule has 0 heterocycles. The molecule has 0 aliphatic carbocycles. The fourth-order valence-corrected chi connectivity index (χ4v) is 2.72. The minimum atomic E-state index is -1.15. The number of benzene rings is 2. The number of hydrogen-bond acceptors (Lipinski definition) is 2. The van der Waals surface area contributed by atoms with E-state index in [9.17, 15) is 14.4 Å². The predicted octanol–water partition coefficient (Wildman–Crippen LogP) is 5.39. The first-order chi connectivity index (χ1) is 9.95. The maximum Gasteiger partial charge on any atom is 0.186 e. The van der Waals surface area contributed by atoms with Crippen molar-refractivity contribution in [3.63, 3.8) is 0 Å². The summed E-state index contributed by atoms with van der Waals surface area (Å²) in [6.07, 6.45) is 0. The van der Waals surface area contributed by atoms with Gasteiger partial charge in [-0.1, -0.05) is 35.3 Å². The highest BCUT2D eigenvalue weighted by atomic mass is 79.9. The Labute approximate surface area is 139 Å². The average Bonchev–Trinajstić information content (AvgIpc) is 2.44. The van der Waals surface area contributed by atoms with E-state index >= 15 is 0 Å². The highest BCUT2D eigenvalue weighted by Gasteiger charge is 2.26. The molecule has 0 N–H and O–H groups in total. The molecule has 0 spiro atoms. The first kappa shape index (κ1) is 16.0. The largest absolute Gasteiger partial charge is 0.292 e. The van der Waals surface area contributed by atoms with Gasteiger partial charge in [-0.2, -0.15) is 5.26 Å². The van der Waals surface area contributed by atoms with Crippen molar-refractivity contribution < 1.29 is 9.18 Å². The van der Waals surface area contributed by atoms with Crippen molar-refractivity contribution in [2.24, 2.45) is 0 Å². The monoisotopic (exact) mass is 385 g/mol. The van der Waals surface area contributed by atoms with Crippen LogP contribution in [0.4, 0.5) is 4.39 Å². The Bertz CT molecular complexity index is 758. The predicted molar refractivity (Wildman–Crippen MR) is 83.2 cm³/mol. The molecule has 2 rings (SSSR count). The Morgan fingerprint density at radius 1 is 1.29 bits per heavy atom. The lowest BCUT2D eigenvalue weighted by atomic mass is 9.92. The summed E-state index contributed by atoms with van der Waals surface area (Å²) in [6.45, 7) is 0. The maximum absolute atomic E-state index is 13.1. The first-order valence-electron chi connectivity index (χ1n) is 5.78. The van der Waals surface area contributed by atoms with E-state index in [4.69, 9.17) is 23.2 Å². The molecule has 21 heavy (non-hydrogen) atoms. The van der Waals surface area contributed by atoms with Crippen LogP contribution in [0.2, 0.25) is 10.0 Å². The molecule has 2 aromatic rings. The molecule has 1 atom stereocenters. The van der Waals surface area contributed by atoms with E-state index in [-0.39, 0.29) is 21.2 Å². The molecule has 2 nitrogen and oxygen atoms in total. The van der Waals surface area contributed by atoms with Crippen LogP contribution in [0.25, 0.3) is 0 Å². The van der Waals surface area contributed by atoms with Crippen molar-refractivity contribution in [3.05, 3.63) is 67.9 Å². The van der Waals surface area contributed by atoms with Gasteiger partial charge in [0.05, 0.1) is 11.1 Å². The molecule has 0 aromatic heterocycles. The highest BCUT2D eigenvalue weighted by Crippen LogP contribution is 2.32. The quantitative estimate of drug-likeness (QED) is 0.664. The molecular formula is C15H7BrCl2FNO. The summed E-state index contributed by atoms with van der Waals surface area (Å²) in [6, 6.07) is 10.3. The normalized spacial score (nSPS) is 11.8. The third-order valence-electron chi connectivity index (χ3n) is 2.88. The topological polar surface area (TPSA) is 40.9 Å². The van der Waals surface area contributed by atoms with Gasteiger partial charge in [0.2, 0.25) is 0 Å². The van der Waals surface area contributed by atoms with Gasteiger partial charge in [-0.05, 0) is 45.8 Å². The van der Waals surface area contributed by atoms with Gasteiger partial charge in [-0.25, -0.2) is 4.39 Å². The number of halogens is 4. The van der Waals surface area contributed by atoms with E-state index in [1.807, 2.05) is 6.07 Å². The van der Waals surface area contributed by atoms with Gasteiger partial charge in [0.1, 0.15) is 11.7 Å². The molecule has 0 aliphatic heterocycles. The Hall–Kier alpha value is -1.41. The second-order valence-electron chi connectivity index (χ2n) is 4.19. The lowest BCUT2D eigenvalue weighted by Crippen LogP contribution is -2.12. The van der Waals surface area contributed by atoms with Crippen LogP contribution in [0.5, 0.6) is 0 Å². The smallest absolute Gasteiger partial charge is 0.186 e. The number of ketones is 1. The lowest BCUT2D eigenvalue weighted by molar-refractivity contribution is 0.0979. The second kappa shape index (κ2) is 6.57. The zero-order valence-corrected chi connectivity index (χ0v) is 13.5. The van der Waals surface area contributed by atoms with Crippen LogP contribution < -0.4 is 0 Å². The van der Waals surface area contributed by atoms with Crippen molar-refractivity contribution in [1.82, 2.24) is 0 Å². The van der Waals surface area contributed by atoms with Crippen molar-refractivity contribution in [1.29, 1.82) is 5.26 Å². The van der Waals surface area contributed by atoms with Gasteiger partial charge in [-0.3, -0.25) is 4.79 Å². The summed E-state index contributed by atoms with van der Waals surface area (Å²) in [5.41, 5.74) is 0.458. The van der Waals surface area contributed by atoms with Gasteiger partial charge in [0.15, 0.2) is 5.78 Å². The van der Waals surface area contributed by atoms with Crippen LogP contribution >= 0.6 is 39.1 Å². The van der Waals surface area contributed by atoms with Crippen LogP contribution in [0.3, 0.4) is 0 Å². The molecule has 0 amide bonds. The number of nitriles is 1. The molecule has 0 saturated heterocycles. The fraction of sp³-hybridized carbons (Fsp3) is 0.0667. The summed E-state index contributed by atoms with van der Waals surface area (Å²) in [4.78, 5) is 12.5. The first-order valence-corrected chi connectivity index (χ1v) is 7.33. The third kappa shape index (κ3) is 3.26. The Morgan fingerprint density at radius 3 is 2.62 bits per heavy atom. The highest BCUT2D eigenvalue weighted by molar-refractivity contribution is 9.10. The van der Waals surface area contributed by atoms with Gasteiger partial charge in [-0.15, -0.1) is 0 Å². The molecule has 2 aromatic carbocycles. The molecule has 1 unspecified atom stereocenters. The Balaban J connectivity index is 2.49. The molecule has 0 fully saturated rings. The standard InChI is InChI=1S/C15H7BrCl2FNO/c16-12-3-1-2-10(14(12)18)15(21)11(7-20)9-5-4-8(19)6-13(9)17/h1-6,11H. The van der Waals surface area contributed by atoms with Crippen molar-refractivity contribution in [2.45, 2.75) is 5.92 Å². The minimum absolute atomic E-state index is 0.0287.